The summed E-state index contributed by atoms with van der Waals surface area (Å²) >= 11 is 1.44. The lowest BCUT2D eigenvalue weighted by atomic mass is 10.1. The van der Waals surface area contributed by atoms with E-state index >= 15 is 0 Å². The van der Waals surface area contributed by atoms with E-state index in [1.807, 2.05) is 11.4 Å². The van der Waals surface area contributed by atoms with Crippen LogP contribution in [0.15, 0.2) is 29.1 Å². The summed E-state index contributed by atoms with van der Waals surface area (Å²) in [6, 6.07) is 4.97. The lowest BCUT2D eigenvalue weighted by molar-refractivity contribution is -0.137. The van der Waals surface area contributed by atoms with Gasteiger partial charge in [0.15, 0.2) is 0 Å². The van der Waals surface area contributed by atoms with E-state index in [1.54, 1.807) is 17.5 Å². The zero-order chi connectivity index (χ0) is 14.8. The molecule has 1 aromatic carbocycles. The van der Waals surface area contributed by atoms with E-state index in [4.69, 9.17) is 5.26 Å². The minimum atomic E-state index is -4.45. The predicted octanol–water partition coefficient (Wildman–Crippen LogP) is 3.67. The molecule has 0 aliphatic carbocycles. The first-order valence-corrected chi connectivity index (χ1v) is 6.55. The van der Waals surface area contributed by atoms with E-state index in [1.165, 1.54) is 17.4 Å². The van der Waals surface area contributed by atoms with Crippen molar-refractivity contribution in [2.45, 2.75) is 12.7 Å². The Kier molecular flexibility index (Phi) is 3.95. The number of rotatable bonds is 3. The lowest BCUT2D eigenvalue weighted by Crippen LogP contribution is -2.18. The number of anilines is 1. The summed E-state index contributed by atoms with van der Waals surface area (Å²) in [6.07, 6.45) is -4.45. The molecule has 0 atom stereocenters. The van der Waals surface area contributed by atoms with Crippen molar-refractivity contribution in [2.75, 3.05) is 11.9 Å². The second-order valence-corrected chi connectivity index (χ2v) is 4.90. The topological polar surface area (TPSA) is 39.9 Å². The van der Waals surface area contributed by atoms with Crippen LogP contribution >= 0.6 is 11.3 Å². The molecule has 0 aliphatic heterocycles. The molecule has 20 heavy (non-hydrogen) atoms. The fourth-order valence-corrected chi connectivity index (χ4v) is 2.33. The smallest absolute Gasteiger partial charge is 0.368 e. The Morgan fingerprint density at radius 3 is 2.70 bits per heavy atom. The van der Waals surface area contributed by atoms with Crippen molar-refractivity contribution in [3.05, 3.63) is 45.9 Å². The van der Waals surface area contributed by atoms with E-state index in [-0.39, 0.29) is 5.56 Å². The molecule has 0 unspecified atom stereocenters. The zero-order valence-corrected chi connectivity index (χ0v) is 11.3. The molecular weight excluding hydrogens is 287 g/mol. The Hall–Kier alpha value is -2.07. The monoisotopic (exact) mass is 297 g/mol. The molecule has 1 aromatic heterocycles. The molecule has 3 nitrogen and oxygen atoms in total. The van der Waals surface area contributed by atoms with Crippen LogP contribution in [0.25, 0.3) is 0 Å². The van der Waals surface area contributed by atoms with Gasteiger partial charge in [0.05, 0.1) is 34.6 Å². The fraction of sp³-hybridized carbons (Fsp3) is 0.231. The average Bonchev–Trinajstić information content (AvgIpc) is 2.89. The Morgan fingerprint density at radius 1 is 1.40 bits per heavy atom. The first-order valence-electron chi connectivity index (χ1n) is 5.61. The van der Waals surface area contributed by atoms with Gasteiger partial charge < -0.3 is 4.90 Å². The maximum Gasteiger partial charge on any atom is 0.416 e. The van der Waals surface area contributed by atoms with Crippen LogP contribution < -0.4 is 4.90 Å². The van der Waals surface area contributed by atoms with Crippen molar-refractivity contribution in [2.24, 2.45) is 0 Å². The standard InChI is InChI=1S/C13H10F3N3S/c1-19(6-11-7-20-8-18-11)12-3-2-10(13(14,15)16)4-9(12)5-17/h2-4,7-8H,6H2,1H3. The third-order valence-electron chi connectivity index (χ3n) is 2.74. The molecule has 7 heteroatoms. The van der Waals surface area contributed by atoms with Gasteiger partial charge in [-0.2, -0.15) is 18.4 Å². The van der Waals surface area contributed by atoms with Crippen LogP contribution in [0.5, 0.6) is 0 Å². The Balaban J connectivity index is 2.30. The molecule has 0 fully saturated rings. The van der Waals surface area contributed by atoms with E-state index < -0.39 is 11.7 Å². The zero-order valence-electron chi connectivity index (χ0n) is 10.5. The molecule has 0 bridgehead atoms. The maximum absolute atomic E-state index is 12.6. The van der Waals surface area contributed by atoms with Gasteiger partial charge in [-0.25, -0.2) is 4.98 Å². The molecule has 104 valence electrons. The highest BCUT2D eigenvalue weighted by Crippen LogP contribution is 2.32. The molecule has 0 radical (unpaired) electrons. The molecule has 0 saturated heterocycles. The third kappa shape index (κ3) is 3.08. The number of thiazole rings is 1. The highest BCUT2D eigenvalue weighted by molar-refractivity contribution is 7.07. The van der Waals surface area contributed by atoms with E-state index in [9.17, 15) is 13.2 Å². The molecule has 2 aromatic rings. The highest BCUT2D eigenvalue weighted by atomic mass is 32.1. The van der Waals surface area contributed by atoms with Crippen LogP contribution in [-0.2, 0) is 12.7 Å². The number of benzene rings is 1. The largest absolute Gasteiger partial charge is 0.416 e. The van der Waals surface area contributed by atoms with Gasteiger partial charge in [-0.3, -0.25) is 0 Å². The van der Waals surface area contributed by atoms with Crippen molar-refractivity contribution in [3.63, 3.8) is 0 Å². The van der Waals surface area contributed by atoms with E-state index in [0.29, 0.717) is 12.2 Å². The molecule has 0 N–H and O–H groups in total. The minimum absolute atomic E-state index is 0.00226. The summed E-state index contributed by atoms with van der Waals surface area (Å²) in [6.45, 7) is 0.434. The summed E-state index contributed by atoms with van der Waals surface area (Å²) in [5.41, 5.74) is 2.12. The summed E-state index contributed by atoms with van der Waals surface area (Å²) in [5, 5.41) is 10.9. The van der Waals surface area contributed by atoms with Gasteiger partial charge in [0.25, 0.3) is 0 Å². The normalized spacial score (nSPS) is 11.2. The number of aromatic nitrogens is 1. The molecule has 1 heterocycles. The van der Waals surface area contributed by atoms with E-state index in [0.717, 1.165) is 17.8 Å². The van der Waals surface area contributed by atoms with Gasteiger partial charge in [-0.1, -0.05) is 0 Å². The number of halogens is 3. The number of hydrogen-bond donors (Lipinski definition) is 0. The van der Waals surface area contributed by atoms with Crippen LogP contribution in [-0.4, -0.2) is 12.0 Å². The van der Waals surface area contributed by atoms with Crippen molar-refractivity contribution in [1.29, 1.82) is 5.26 Å². The lowest BCUT2D eigenvalue weighted by Gasteiger charge is -2.20. The fourth-order valence-electron chi connectivity index (χ4n) is 1.78. The van der Waals surface area contributed by atoms with Gasteiger partial charge in [0.1, 0.15) is 6.07 Å². The summed E-state index contributed by atoms with van der Waals surface area (Å²) in [7, 11) is 1.71. The SMILES string of the molecule is CN(Cc1cscn1)c1ccc(C(F)(F)F)cc1C#N. The van der Waals surface area contributed by atoms with Crippen LogP contribution in [0.1, 0.15) is 16.8 Å². The van der Waals surface area contributed by atoms with Crippen LogP contribution in [0.2, 0.25) is 0 Å². The predicted molar refractivity (Wildman–Crippen MR) is 70.4 cm³/mol. The Labute approximate surface area is 117 Å². The molecule has 2 rings (SSSR count). The number of hydrogen-bond acceptors (Lipinski definition) is 4. The van der Waals surface area contributed by atoms with Crippen molar-refractivity contribution >= 4 is 17.0 Å². The number of alkyl halides is 3. The summed E-state index contributed by atoms with van der Waals surface area (Å²) < 4.78 is 37.8. The van der Waals surface area contributed by atoms with Crippen LogP contribution in [0.3, 0.4) is 0 Å². The van der Waals surface area contributed by atoms with Crippen molar-refractivity contribution in [1.82, 2.24) is 4.98 Å². The maximum atomic E-state index is 12.6. The quantitative estimate of drug-likeness (QED) is 0.868. The number of nitriles is 1. The highest BCUT2D eigenvalue weighted by Gasteiger charge is 2.31. The molecule has 0 amide bonds. The van der Waals surface area contributed by atoms with Gasteiger partial charge in [-0.15, -0.1) is 11.3 Å². The molecule has 0 saturated carbocycles. The van der Waals surface area contributed by atoms with Crippen LogP contribution in [0.4, 0.5) is 18.9 Å². The summed E-state index contributed by atoms with van der Waals surface area (Å²) in [5.74, 6) is 0. The molecule has 0 spiro atoms. The van der Waals surface area contributed by atoms with Gasteiger partial charge in [0.2, 0.25) is 0 Å². The second kappa shape index (κ2) is 5.51. The van der Waals surface area contributed by atoms with E-state index in [2.05, 4.69) is 4.98 Å². The Bertz CT molecular complexity index is 629. The first kappa shape index (κ1) is 14.3. The van der Waals surface area contributed by atoms with Crippen molar-refractivity contribution in [3.8, 4) is 6.07 Å². The average molecular weight is 297 g/mol. The van der Waals surface area contributed by atoms with Gasteiger partial charge in [-0.05, 0) is 18.2 Å². The number of nitrogens with zero attached hydrogens (tertiary/aromatic N) is 3. The first-order chi connectivity index (χ1) is 9.41. The second-order valence-electron chi connectivity index (χ2n) is 4.18. The summed E-state index contributed by atoms with van der Waals surface area (Å²) in [4.78, 5) is 5.81. The molecule has 0 aliphatic rings. The van der Waals surface area contributed by atoms with Crippen LogP contribution in [0, 0.1) is 11.3 Å². The van der Waals surface area contributed by atoms with Gasteiger partial charge in [0, 0.05) is 12.4 Å². The minimum Gasteiger partial charge on any atom is -0.368 e. The third-order valence-corrected chi connectivity index (χ3v) is 3.37. The van der Waals surface area contributed by atoms with Crippen molar-refractivity contribution < 1.29 is 13.2 Å². The van der Waals surface area contributed by atoms with Gasteiger partial charge >= 0.3 is 6.18 Å². The Morgan fingerprint density at radius 2 is 2.15 bits per heavy atom. The molecular formula is C13H10F3N3S.